The van der Waals surface area contributed by atoms with E-state index in [9.17, 15) is 9.18 Å². The Morgan fingerprint density at radius 1 is 1.39 bits per heavy atom. The minimum Gasteiger partial charge on any atom is -0.286 e. The lowest BCUT2D eigenvalue weighted by Crippen LogP contribution is -2.39. The van der Waals surface area contributed by atoms with E-state index in [1.54, 1.807) is 17.0 Å². The topological polar surface area (TPSA) is 46.1 Å². The monoisotopic (exact) mass is 333 g/mol. The van der Waals surface area contributed by atoms with Crippen molar-refractivity contribution in [3.05, 3.63) is 30.1 Å². The van der Waals surface area contributed by atoms with Crippen LogP contribution in [0.5, 0.6) is 0 Å². The van der Waals surface area contributed by atoms with Crippen molar-refractivity contribution >= 4 is 22.4 Å². The van der Waals surface area contributed by atoms with E-state index in [4.69, 9.17) is 0 Å². The molecule has 0 radical (unpaired) electrons. The van der Waals surface area contributed by atoms with Gasteiger partial charge >= 0.3 is 0 Å². The summed E-state index contributed by atoms with van der Waals surface area (Å²) in [5.41, 5.74) is 0.695. The van der Waals surface area contributed by atoms with Crippen LogP contribution in [0.15, 0.2) is 24.3 Å². The van der Waals surface area contributed by atoms with Crippen molar-refractivity contribution < 1.29 is 9.18 Å². The Morgan fingerprint density at radius 3 is 2.87 bits per heavy atom. The Kier molecular flexibility index (Phi) is 5.00. The molecule has 23 heavy (non-hydrogen) atoms. The molecule has 0 bridgehead atoms. The fourth-order valence-electron chi connectivity index (χ4n) is 2.55. The second-order valence-electron chi connectivity index (χ2n) is 5.87. The molecule has 1 aliphatic carbocycles. The first-order valence-electron chi connectivity index (χ1n) is 8.10. The van der Waals surface area contributed by atoms with E-state index in [1.165, 1.54) is 23.5 Å². The molecular formula is C17H20FN3OS. The quantitative estimate of drug-likeness (QED) is 0.793. The Balaban J connectivity index is 1.83. The Hall–Kier alpha value is -1.82. The van der Waals surface area contributed by atoms with Crippen LogP contribution in [0.3, 0.4) is 0 Å². The van der Waals surface area contributed by atoms with Gasteiger partial charge in [-0.1, -0.05) is 43.2 Å². The van der Waals surface area contributed by atoms with E-state index in [0.29, 0.717) is 22.2 Å². The molecular weight excluding hydrogens is 313 g/mol. The van der Waals surface area contributed by atoms with Crippen LogP contribution < -0.4 is 4.90 Å². The first kappa shape index (κ1) is 16.1. The number of amides is 1. The maximum absolute atomic E-state index is 13.4. The molecule has 0 aliphatic heterocycles. The van der Waals surface area contributed by atoms with Crippen molar-refractivity contribution in [3.8, 4) is 10.6 Å². The van der Waals surface area contributed by atoms with E-state index in [0.717, 1.165) is 32.1 Å². The van der Waals surface area contributed by atoms with Gasteiger partial charge in [0.05, 0.1) is 0 Å². The Labute approximate surface area is 139 Å². The highest BCUT2D eigenvalue weighted by Gasteiger charge is 2.31. The molecule has 1 saturated carbocycles. The van der Waals surface area contributed by atoms with E-state index in [-0.39, 0.29) is 17.6 Å². The molecule has 6 heteroatoms. The molecule has 122 valence electrons. The zero-order chi connectivity index (χ0) is 16.2. The zero-order valence-corrected chi connectivity index (χ0v) is 14.0. The minimum absolute atomic E-state index is 0.133. The first-order valence-corrected chi connectivity index (χ1v) is 8.91. The number of carbonyl (C=O) groups is 1. The molecule has 1 fully saturated rings. The van der Waals surface area contributed by atoms with Gasteiger partial charge in [-0.25, -0.2) is 4.39 Å². The summed E-state index contributed by atoms with van der Waals surface area (Å²) >= 11 is 1.35. The van der Waals surface area contributed by atoms with Gasteiger partial charge in [-0.2, -0.15) is 0 Å². The second kappa shape index (κ2) is 7.17. The molecule has 2 aromatic rings. The van der Waals surface area contributed by atoms with E-state index >= 15 is 0 Å². The molecule has 1 amide bonds. The van der Waals surface area contributed by atoms with Gasteiger partial charge in [0, 0.05) is 18.0 Å². The summed E-state index contributed by atoms with van der Waals surface area (Å²) in [5.74, 6) is -0.00680. The minimum atomic E-state index is -0.298. The first-order chi connectivity index (χ1) is 11.2. The number of anilines is 1. The molecule has 1 aromatic heterocycles. The van der Waals surface area contributed by atoms with Gasteiger partial charge in [-0.15, -0.1) is 10.2 Å². The molecule has 1 heterocycles. The summed E-state index contributed by atoms with van der Waals surface area (Å²) in [6, 6.07) is 6.30. The number of carbonyl (C=O) groups excluding carboxylic acids is 1. The maximum Gasteiger partial charge on any atom is 0.231 e. The van der Waals surface area contributed by atoms with Crippen molar-refractivity contribution in [1.29, 1.82) is 0 Å². The third-order valence-electron chi connectivity index (χ3n) is 4.17. The van der Waals surface area contributed by atoms with E-state index in [2.05, 4.69) is 17.1 Å². The van der Waals surface area contributed by atoms with Gasteiger partial charge in [-0.05, 0) is 31.4 Å². The average Bonchev–Trinajstić information content (AvgIpc) is 2.95. The van der Waals surface area contributed by atoms with Gasteiger partial charge in [0.2, 0.25) is 11.0 Å². The van der Waals surface area contributed by atoms with Crippen molar-refractivity contribution in [2.24, 2.45) is 5.92 Å². The number of halogens is 1. The molecule has 0 spiro atoms. The molecule has 0 N–H and O–H groups in total. The van der Waals surface area contributed by atoms with Crippen LogP contribution in [0.2, 0.25) is 0 Å². The third-order valence-corrected chi connectivity index (χ3v) is 5.17. The molecule has 1 aromatic carbocycles. The fraction of sp³-hybridized carbons (Fsp3) is 0.471. The second-order valence-corrected chi connectivity index (χ2v) is 6.83. The van der Waals surface area contributed by atoms with Crippen LogP contribution >= 0.6 is 11.3 Å². The third kappa shape index (κ3) is 3.58. The largest absolute Gasteiger partial charge is 0.286 e. The van der Waals surface area contributed by atoms with Crippen LogP contribution in [0.25, 0.3) is 10.6 Å². The van der Waals surface area contributed by atoms with Gasteiger partial charge in [0.15, 0.2) is 0 Å². The van der Waals surface area contributed by atoms with E-state index in [1.807, 2.05) is 0 Å². The lowest BCUT2D eigenvalue weighted by Gasteiger charge is -2.29. The highest BCUT2D eigenvalue weighted by Crippen LogP contribution is 2.33. The summed E-state index contributed by atoms with van der Waals surface area (Å²) in [5, 5.41) is 9.60. The maximum atomic E-state index is 13.4. The lowest BCUT2D eigenvalue weighted by atomic mass is 9.84. The van der Waals surface area contributed by atoms with Crippen molar-refractivity contribution in [2.75, 3.05) is 11.4 Å². The predicted molar refractivity (Wildman–Crippen MR) is 89.9 cm³/mol. The van der Waals surface area contributed by atoms with Gasteiger partial charge < -0.3 is 0 Å². The van der Waals surface area contributed by atoms with Crippen LogP contribution in [-0.4, -0.2) is 22.6 Å². The lowest BCUT2D eigenvalue weighted by molar-refractivity contribution is -0.124. The van der Waals surface area contributed by atoms with Crippen molar-refractivity contribution in [3.63, 3.8) is 0 Å². The smallest absolute Gasteiger partial charge is 0.231 e. The fourth-order valence-corrected chi connectivity index (χ4v) is 3.43. The molecule has 4 nitrogen and oxygen atoms in total. The zero-order valence-electron chi connectivity index (χ0n) is 13.2. The normalized spacial score (nSPS) is 14.5. The number of aromatic nitrogens is 2. The Morgan fingerprint density at radius 2 is 2.22 bits per heavy atom. The van der Waals surface area contributed by atoms with Crippen molar-refractivity contribution in [2.45, 2.75) is 39.0 Å². The molecule has 0 atom stereocenters. The van der Waals surface area contributed by atoms with Crippen molar-refractivity contribution in [1.82, 2.24) is 10.2 Å². The summed E-state index contributed by atoms with van der Waals surface area (Å²) in [6.07, 6.45) is 5.02. The highest BCUT2D eigenvalue weighted by atomic mass is 32.1. The van der Waals surface area contributed by atoms with E-state index < -0.39 is 0 Å². The van der Waals surface area contributed by atoms with Gasteiger partial charge in [0.25, 0.3) is 0 Å². The van der Waals surface area contributed by atoms with Crippen LogP contribution in [0.4, 0.5) is 9.52 Å². The number of hydrogen-bond acceptors (Lipinski definition) is 4. The molecule has 0 saturated heterocycles. The standard InChI is InChI=1S/C17H20FN3OS/c1-2-3-10-21(16(22)12-6-4-7-12)17-20-19-15(23-17)13-8-5-9-14(18)11-13/h5,8-9,11-12H,2-4,6-7,10H2,1H3. The summed E-state index contributed by atoms with van der Waals surface area (Å²) in [4.78, 5) is 14.4. The number of unbranched alkanes of at least 4 members (excludes halogenated alkanes) is 1. The summed E-state index contributed by atoms with van der Waals surface area (Å²) in [7, 11) is 0. The SMILES string of the molecule is CCCCN(C(=O)C1CCC1)c1nnc(-c2cccc(F)c2)s1. The van der Waals surface area contributed by atoms with Gasteiger partial charge in [0.1, 0.15) is 10.8 Å². The number of rotatable bonds is 6. The summed E-state index contributed by atoms with van der Waals surface area (Å²) in [6.45, 7) is 2.77. The van der Waals surface area contributed by atoms with Crippen LogP contribution in [0, 0.1) is 11.7 Å². The molecule has 1 aliphatic rings. The average molecular weight is 333 g/mol. The highest BCUT2D eigenvalue weighted by molar-refractivity contribution is 7.18. The van der Waals surface area contributed by atoms with Crippen LogP contribution in [0.1, 0.15) is 39.0 Å². The van der Waals surface area contributed by atoms with Gasteiger partial charge in [-0.3, -0.25) is 9.69 Å². The number of hydrogen-bond donors (Lipinski definition) is 0. The molecule has 0 unspecified atom stereocenters. The predicted octanol–water partition coefficient (Wildman–Crippen LogP) is 4.28. The summed E-state index contributed by atoms with van der Waals surface area (Å²) < 4.78 is 13.4. The molecule has 3 rings (SSSR count). The Bertz CT molecular complexity index is 684. The number of nitrogens with zero attached hydrogens (tertiary/aromatic N) is 3. The van der Waals surface area contributed by atoms with Crippen LogP contribution in [-0.2, 0) is 4.79 Å². The number of benzene rings is 1.